The molecule has 0 spiro atoms. The molecule has 0 bridgehead atoms. The molecule has 0 aliphatic rings. The molecule has 0 saturated carbocycles. The molecule has 12 heavy (non-hydrogen) atoms. The van der Waals surface area contributed by atoms with Gasteiger partial charge >= 0.3 is 0 Å². The van der Waals surface area contributed by atoms with Crippen molar-refractivity contribution in [2.75, 3.05) is 0 Å². The number of carbonyl (C=O) groups is 1. The Morgan fingerprint density at radius 2 is 2.33 bits per heavy atom. The number of halogens is 1. The third kappa shape index (κ3) is 0.987. The average molecular weight is 182 g/mol. The third-order valence-corrected chi connectivity index (χ3v) is 1.81. The van der Waals surface area contributed by atoms with Crippen LogP contribution in [0.5, 0.6) is 0 Å². The first-order chi connectivity index (χ1) is 5.81. The molecule has 0 radical (unpaired) electrons. The van der Waals surface area contributed by atoms with Crippen LogP contribution in [0.1, 0.15) is 10.6 Å². The molecule has 0 N–H and O–H groups in total. The Balaban J connectivity index is 2.83. The van der Waals surface area contributed by atoms with Crippen molar-refractivity contribution in [1.29, 1.82) is 0 Å². The minimum absolute atomic E-state index is 0.215. The summed E-state index contributed by atoms with van der Waals surface area (Å²) in [6.45, 7) is 0. The van der Waals surface area contributed by atoms with Crippen LogP contribution in [-0.4, -0.2) is 11.4 Å². The summed E-state index contributed by atoms with van der Waals surface area (Å²) in [7, 11) is 0. The number of hydrogen-bond acceptors (Lipinski definition) is 3. The van der Waals surface area contributed by atoms with E-state index in [1.807, 2.05) is 0 Å². The zero-order valence-corrected chi connectivity index (χ0v) is 6.71. The van der Waals surface area contributed by atoms with Gasteiger partial charge in [-0.25, -0.2) is 0 Å². The smallest absolute Gasteiger partial charge is 0.207 e. The molecule has 0 saturated heterocycles. The summed E-state index contributed by atoms with van der Waals surface area (Å²) in [5.74, 6) is 0.215. The van der Waals surface area contributed by atoms with Crippen LogP contribution < -0.4 is 0 Å². The second-order valence-electron chi connectivity index (χ2n) is 2.33. The van der Waals surface area contributed by atoms with Crippen LogP contribution in [-0.2, 0) is 0 Å². The number of aromatic nitrogens is 1. The van der Waals surface area contributed by atoms with E-state index >= 15 is 0 Å². The quantitative estimate of drug-likeness (QED) is 0.634. The minimum atomic E-state index is 0.215. The highest BCUT2D eigenvalue weighted by atomic mass is 35.5. The van der Waals surface area contributed by atoms with Crippen LogP contribution in [0.15, 0.2) is 22.7 Å². The lowest BCUT2D eigenvalue weighted by Gasteiger charge is -1.87. The van der Waals surface area contributed by atoms with Crippen molar-refractivity contribution in [3.8, 4) is 0 Å². The van der Waals surface area contributed by atoms with E-state index in [4.69, 9.17) is 16.1 Å². The monoisotopic (exact) mass is 181 g/mol. The molecule has 2 aromatic rings. The molecule has 1 aromatic carbocycles. The second kappa shape index (κ2) is 2.60. The lowest BCUT2D eigenvalue weighted by Crippen LogP contribution is -1.73. The first-order valence-electron chi connectivity index (χ1n) is 3.31. The fourth-order valence-electron chi connectivity index (χ4n) is 1.02. The summed E-state index contributed by atoms with van der Waals surface area (Å²) in [5, 5.41) is 4.88. The molecule has 0 aliphatic heterocycles. The maximum Gasteiger partial charge on any atom is 0.207 e. The van der Waals surface area contributed by atoms with Gasteiger partial charge in [-0.2, -0.15) is 0 Å². The number of fused-ring (bicyclic) bond motifs is 1. The van der Waals surface area contributed by atoms with E-state index in [1.165, 1.54) is 0 Å². The predicted molar refractivity (Wildman–Crippen MR) is 44.4 cm³/mol. The van der Waals surface area contributed by atoms with Gasteiger partial charge in [0.1, 0.15) is 5.52 Å². The van der Waals surface area contributed by atoms with Gasteiger partial charge in [-0.15, -0.1) is 0 Å². The summed E-state index contributed by atoms with van der Waals surface area (Å²) >= 11 is 5.72. The van der Waals surface area contributed by atoms with Crippen molar-refractivity contribution in [3.05, 3.63) is 29.0 Å². The topological polar surface area (TPSA) is 43.1 Å². The van der Waals surface area contributed by atoms with Crippen LogP contribution in [0, 0.1) is 0 Å². The molecule has 1 aromatic heterocycles. The molecule has 1 heterocycles. The zero-order chi connectivity index (χ0) is 8.55. The van der Waals surface area contributed by atoms with Crippen molar-refractivity contribution in [3.63, 3.8) is 0 Å². The van der Waals surface area contributed by atoms with Crippen LogP contribution in [0.2, 0.25) is 5.02 Å². The molecule has 0 unspecified atom stereocenters. The van der Waals surface area contributed by atoms with E-state index in [1.54, 1.807) is 18.2 Å². The van der Waals surface area contributed by atoms with Gasteiger partial charge in [0.15, 0.2) is 6.29 Å². The fraction of sp³-hybridized carbons (Fsp3) is 0. The molecular formula is C8H4ClNO2. The van der Waals surface area contributed by atoms with Gasteiger partial charge in [0, 0.05) is 5.02 Å². The van der Waals surface area contributed by atoms with Gasteiger partial charge in [0.05, 0.1) is 5.39 Å². The van der Waals surface area contributed by atoms with E-state index in [-0.39, 0.29) is 5.76 Å². The Kier molecular flexibility index (Phi) is 1.59. The van der Waals surface area contributed by atoms with Gasteiger partial charge in [0.25, 0.3) is 0 Å². The molecule has 2 rings (SSSR count). The van der Waals surface area contributed by atoms with E-state index in [9.17, 15) is 4.79 Å². The highest BCUT2D eigenvalue weighted by molar-refractivity contribution is 6.31. The number of nitrogens with zero attached hydrogens (tertiary/aromatic N) is 1. The number of aldehydes is 1. The normalized spacial score (nSPS) is 10.4. The van der Waals surface area contributed by atoms with E-state index < -0.39 is 0 Å². The maximum absolute atomic E-state index is 10.4. The van der Waals surface area contributed by atoms with Crippen molar-refractivity contribution >= 4 is 28.8 Å². The summed E-state index contributed by atoms with van der Waals surface area (Å²) in [4.78, 5) is 10.4. The summed E-state index contributed by atoms with van der Waals surface area (Å²) in [6, 6.07) is 5.05. The Morgan fingerprint density at radius 1 is 1.50 bits per heavy atom. The lowest BCUT2D eigenvalue weighted by molar-refractivity contribution is 0.109. The minimum Gasteiger partial charge on any atom is -0.352 e. The van der Waals surface area contributed by atoms with E-state index in [0.717, 1.165) is 0 Å². The van der Waals surface area contributed by atoms with Crippen molar-refractivity contribution in [2.45, 2.75) is 0 Å². The molecule has 0 atom stereocenters. The van der Waals surface area contributed by atoms with Crippen LogP contribution in [0.25, 0.3) is 10.9 Å². The molecule has 4 heteroatoms. The molecule has 0 fully saturated rings. The predicted octanol–water partition coefficient (Wildman–Crippen LogP) is 2.29. The molecule has 60 valence electrons. The van der Waals surface area contributed by atoms with Crippen molar-refractivity contribution in [1.82, 2.24) is 5.16 Å². The van der Waals surface area contributed by atoms with Gasteiger partial charge in [-0.05, 0) is 18.2 Å². The van der Waals surface area contributed by atoms with Gasteiger partial charge in [0.2, 0.25) is 5.76 Å². The molecule has 0 aliphatic carbocycles. The van der Waals surface area contributed by atoms with Crippen molar-refractivity contribution in [2.24, 2.45) is 0 Å². The first-order valence-corrected chi connectivity index (χ1v) is 3.69. The van der Waals surface area contributed by atoms with Crippen LogP contribution in [0.4, 0.5) is 0 Å². The summed E-state index contributed by atoms with van der Waals surface area (Å²) in [5.41, 5.74) is 0.640. The number of benzene rings is 1. The third-order valence-electron chi connectivity index (χ3n) is 1.57. The van der Waals surface area contributed by atoms with Crippen LogP contribution in [0.3, 0.4) is 0 Å². The SMILES string of the molecule is O=Cc1onc2ccc(Cl)cc12. The Bertz CT molecular complexity index is 436. The van der Waals surface area contributed by atoms with Crippen LogP contribution >= 0.6 is 11.6 Å². The average Bonchev–Trinajstić information content (AvgIpc) is 2.46. The largest absolute Gasteiger partial charge is 0.352 e. The number of carbonyl (C=O) groups excluding carboxylic acids is 1. The van der Waals surface area contributed by atoms with E-state index in [2.05, 4.69) is 5.16 Å². The molecule has 3 nitrogen and oxygen atoms in total. The maximum atomic E-state index is 10.4. The Labute approximate surface area is 72.9 Å². The molecular weight excluding hydrogens is 178 g/mol. The highest BCUT2D eigenvalue weighted by Gasteiger charge is 2.06. The standard InChI is InChI=1S/C8H4ClNO2/c9-5-1-2-7-6(3-5)8(4-11)12-10-7/h1-4H. The fourth-order valence-corrected chi connectivity index (χ4v) is 1.19. The van der Waals surface area contributed by atoms with E-state index in [0.29, 0.717) is 22.2 Å². The van der Waals surface area contributed by atoms with Gasteiger partial charge in [-0.1, -0.05) is 16.8 Å². The second-order valence-corrected chi connectivity index (χ2v) is 2.76. The first kappa shape index (κ1) is 7.31. The zero-order valence-electron chi connectivity index (χ0n) is 5.95. The Hall–Kier alpha value is -1.35. The van der Waals surface area contributed by atoms with Crippen molar-refractivity contribution < 1.29 is 9.32 Å². The number of hydrogen-bond donors (Lipinski definition) is 0. The highest BCUT2D eigenvalue weighted by Crippen LogP contribution is 2.20. The van der Waals surface area contributed by atoms with Gasteiger partial charge in [-0.3, -0.25) is 4.79 Å². The van der Waals surface area contributed by atoms with Gasteiger partial charge < -0.3 is 4.52 Å². The Morgan fingerprint density at radius 3 is 3.08 bits per heavy atom. The lowest BCUT2D eigenvalue weighted by atomic mass is 10.2. The summed E-state index contributed by atoms with van der Waals surface area (Å²) < 4.78 is 4.74. The number of rotatable bonds is 1. The summed E-state index contributed by atoms with van der Waals surface area (Å²) in [6.07, 6.45) is 0.617. The molecule has 0 amide bonds.